The maximum Gasteiger partial charge on any atom is 0.326 e. The van der Waals surface area contributed by atoms with Crippen molar-refractivity contribution >= 4 is 88.8 Å². The van der Waals surface area contributed by atoms with Gasteiger partial charge in [0.25, 0.3) is 5.91 Å². The highest BCUT2D eigenvalue weighted by Crippen LogP contribution is 2.27. The van der Waals surface area contributed by atoms with E-state index in [-0.39, 0.29) is 80.3 Å². The zero-order valence-corrected chi connectivity index (χ0v) is 63.7. The van der Waals surface area contributed by atoms with E-state index in [4.69, 9.17) is 39.1 Å². The maximum absolute atomic E-state index is 14.9. The van der Waals surface area contributed by atoms with Crippen molar-refractivity contribution in [3.63, 3.8) is 0 Å². The van der Waals surface area contributed by atoms with Gasteiger partial charge in [0.15, 0.2) is 18.0 Å². The third-order valence-corrected chi connectivity index (χ3v) is 18.2. The quantitative estimate of drug-likeness (QED) is 0.0164. The van der Waals surface area contributed by atoms with E-state index in [0.29, 0.717) is 6.42 Å². The van der Waals surface area contributed by atoms with E-state index in [9.17, 15) is 98.1 Å². The summed E-state index contributed by atoms with van der Waals surface area (Å²) in [5.74, 6) is -19.4. The smallest absolute Gasteiger partial charge is 0.326 e. The average Bonchev–Trinajstić information content (AvgIpc) is 0.804. The summed E-state index contributed by atoms with van der Waals surface area (Å²) in [5, 5.41) is 95.3. The van der Waals surface area contributed by atoms with E-state index in [0.717, 1.165) is 37.7 Å². The molecular formula is C68H118N18O21. The van der Waals surface area contributed by atoms with Crippen molar-refractivity contribution in [1.29, 1.82) is 0 Å². The first-order valence-corrected chi connectivity index (χ1v) is 35.2. The van der Waals surface area contributed by atoms with Crippen LogP contribution in [-0.4, -0.2) is 260 Å². The Bertz CT molecular complexity index is 3210. The molecule has 3 unspecified atom stereocenters. The van der Waals surface area contributed by atoms with Crippen LogP contribution in [0, 0.1) is 35.5 Å². The molecule has 0 aliphatic heterocycles. The summed E-state index contributed by atoms with van der Waals surface area (Å²) in [5.41, 5.74) is 33.4. The first kappa shape index (κ1) is 95.4. The minimum atomic E-state index is -2.51. The Morgan fingerprint density at radius 3 is 1.44 bits per heavy atom. The molecule has 20 atom stereocenters. The topological polar surface area (TPSA) is 656 Å². The molecule has 0 bridgehead atoms. The van der Waals surface area contributed by atoms with Crippen LogP contribution in [0.3, 0.4) is 0 Å². The van der Waals surface area contributed by atoms with Crippen molar-refractivity contribution in [2.24, 2.45) is 79.9 Å². The summed E-state index contributed by atoms with van der Waals surface area (Å²) in [6, 6.07) is -11.8. The molecule has 0 aliphatic rings. The maximum atomic E-state index is 14.9. The highest BCUT2D eigenvalue weighted by atomic mass is 16.5. The lowest BCUT2D eigenvalue weighted by molar-refractivity contribution is -0.152. The molecule has 0 heterocycles. The number of phenolic OH excluding ortho intramolecular Hbond substituents is 1. The molecule has 27 N–H and O–H groups in total. The van der Waals surface area contributed by atoms with Gasteiger partial charge in [0.1, 0.15) is 72.3 Å². The van der Waals surface area contributed by atoms with Crippen LogP contribution < -0.4 is 76.9 Å². The van der Waals surface area contributed by atoms with Crippen LogP contribution in [0.2, 0.25) is 0 Å². The molecule has 1 aromatic rings. The standard InChI is InChI=1S/C68H118N18O21/c1-30(2)28-32(5)51(91)35(8)56(95)77-36(9)57(96)78-42(18-16-26-75-67(71)72)52(92)53(93)63(102)81-47(33(6)34(7)55(70)94)60(99)82-49(39(12)88)62(101)83-48(38(11)87)61(100)79-43(19-17-27-76-68(73)74)58(97)80-44(29-31(3)4)64(103)86(14)45(24-25-46(69)90)59(98)84-50(65(104)85(13)37(10)66(105)106)54(107-15)40-20-22-41(89)23-21-40/h20-23,30-39,42-45,47-54,87-89,91-93H,16-19,24-29H2,1-15H3,(H2,69,90)(H2,70,94)(H,77,95)(H,78,96)(H,79,100)(H,80,97)(H,81,102)(H,82,99)(H,83,101)(H,84,98)(H,105,106)(H4,71,72,75)(H4,73,74,76)/t32-,33-,34+,35+,36-,37-,38?,39+,42-,43+,44-,45-,47-,48-,49-,50?,51+,52+,53+,54?/m0/s1. The van der Waals surface area contributed by atoms with Gasteiger partial charge in [0.05, 0.1) is 30.3 Å². The van der Waals surface area contributed by atoms with Gasteiger partial charge in [-0.2, -0.15) is 0 Å². The number of aliphatic carboxylic acids is 1. The van der Waals surface area contributed by atoms with Crippen LogP contribution in [0.4, 0.5) is 0 Å². The molecule has 0 saturated heterocycles. The Kier molecular flexibility index (Phi) is 40.9. The summed E-state index contributed by atoms with van der Waals surface area (Å²) in [6.07, 6.45) is -12.1. The van der Waals surface area contributed by atoms with E-state index in [1.54, 1.807) is 20.8 Å². The Morgan fingerprint density at radius 2 is 0.972 bits per heavy atom. The largest absolute Gasteiger partial charge is 0.508 e. The molecule has 0 aliphatic carbocycles. The summed E-state index contributed by atoms with van der Waals surface area (Å²) in [6.45, 7) is 17.4. The molecule has 1 rings (SSSR count). The zero-order valence-electron chi connectivity index (χ0n) is 63.7. The highest BCUT2D eigenvalue weighted by Gasteiger charge is 2.44. The number of guanidine groups is 2. The Labute approximate surface area is 623 Å². The zero-order chi connectivity index (χ0) is 82.3. The molecule has 1 aromatic carbocycles. The number of aliphatic imine (C=N–C) groups is 2. The van der Waals surface area contributed by atoms with E-state index < -0.39 is 210 Å². The number of aromatic hydroxyl groups is 1. The number of hydrogen-bond donors (Lipinski definition) is 21. The number of nitrogens with one attached hydrogen (secondary N) is 8. The fourth-order valence-electron chi connectivity index (χ4n) is 11.4. The molecule has 107 heavy (non-hydrogen) atoms. The molecule has 0 radical (unpaired) electrons. The van der Waals surface area contributed by atoms with Gasteiger partial charge < -0.3 is 127 Å². The molecule has 0 saturated carbocycles. The second-order valence-corrected chi connectivity index (χ2v) is 28.0. The molecular weight excluding hydrogens is 1400 g/mol. The highest BCUT2D eigenvalue weighted by molar-refractivity contribution is 5.99. The molecule has 0 aromatic heterocycles. The van der Waals surface area contributed by atoms with Crippen LogP contribution in [-0.2, 0) is 67.1 Å². The number of amides is 12. The van der Waals surface area contributed by atoms with E-state index in [1.165, 1.54) is 66.0 Å². The Hall–Kier alpha value is -9.57. The number of nitrogens with zero attached hydrogens (tertiary/aromatic N) is 4. The van der Waals surface area contributed by atoms with Crippen molar-refractivity contribution in [3.05, 3.63) is 29.8 Å². The molecule has 0 spiro atoms. The van der Waals surface area contributed by atoms with Crippen LogP contribution in [0.15, 0.2) is 34.3 Å². The number of nitrogens with two attached hydrogens (primary N) is 6. The van der Waals surface area contributed by atoms with E-state index in [2.05, 4.69) is 52.5 Å². The number of benzene rings is 1. The normalized spacial score (nSPS) is 17.0. The number of hydrogen-bond acceptors (Lipinski definition) is 22. The number of carbonyl (C=O) groups excluding carboxylic acids is 12. The lowest BCUT2D eigenvalue weighted by Crippen LogP contribution is -2.64. The van der Waals surface area contributed by atoms with Crippen LogP contribution in [0.5, 0.6) is 5.75 Å². The number of aliphatic hydroxyl groups is 5. The van der Waals surface area contributed by atoms with Gasteiger partial charge in [0, 0.05) is 46.6 Å². The van der Waals surface area contributed by atoms with Crippen molar-refractivity contribution in [3.8, 4) is 5.75 Å². The van der Waals surface area contributed by atoms with Gasteiger partial charge in [-0.3, -0.25) is 67.5 Å². The SMILES string of the molecule is COC(c1ccc(O)cc1)C(NC(=O)[C@H](CCC(N)=O)N(C)C(=O)[C@H](CC(C)C)NC(=O)[C@@H](CCCN=C(N)N)NC(=O)[C@@H](NC(=O)[C@@H](NC(=O)[C@@H](NC(=O)[C@H](O)[C@H](O)[C@H](CCCN=C(N)N)NC(=O)[C@H](C)NC(=O)[C@H](C)[C@H](O)[C@@H](C)CC(C)C)[C@@H](C)[C@@H](C)C(N)=O)[C@@H](C)O)C(C)O)C(=O)N(C)[C@@H](C)C(=O)O. The number of carboxylic acids is 1. The Balaban J connectivity index is 3.82. The van der Waals surface area contributed by atoms with E-state index >= 15 is 0 Å². The summed E-state index contributed by atoms with van der Waals surface area (Å²) in [7, 11) is 3.50. The van der Waals surface area contributed by atoms with Crippen LogP contribution in [0.25, 0.3) is 0 Å². The van der Waals surface area contributed by atoms with Gasteiger partial charge in [-0.25, -0.2) is 4.79 Å². The van der Waals surface area contributed by atoms with Crippen molar-refractivity contribution in [2.75, 3.05) is 34.3 Å². The number of likely N-dealkylation sites (N-methyl/N-ethyl adjacent to an activating group) is 2. The second-order valence-electron chi connectivity index (χ2n) is 28.0. The predicted molar refractivity (Wildman–Crippen MR) is 390 cm³/mol. The van der Waals surface area contributed by atoms with Gasteiger partial charge in [-0.05, 0) is 114 Å². The average molecular weight is 1520 g/mol. The summed E-state index contributed by atoms with van der Waals surface area (Å²) in [4.78, 5) is 189. The van der Waals surface area contributed by atoms with Gasteiger partial charge in [-0.1, -0.05) is 67.5 Å². The van der Waals surface area contributed by atoms with Crippen molar-refractivity contribution in [1.82, 2.24) is 52.3 Å². The number of carboxylic acid groups (broad SMARTS) is 1. The minimum absolute atomic E-state index is 0.0188. The number of rotatable bonds is 48. The van der Waals surface area contributed by atoms with Gasteiger partial charge in [0.2, 0.25) is 65.0 Å². The first-order chi connectivity index (χ1) is 49.6. The van der Waals surface area contributed by atoms with Crippen molar-refractivity contribution in [2.45, 2.75) is 231 Å². The number of methoxy groups -OCH3 is 1. The van der Waals surface area contributed by atoms with Crippen molar-refractivity contribution < 1.29 is 103 Å². The molecule has 12 amide bonds. The molecule has 39 heteroatoms. The molecule has 39 nitrogen and oxygen atoms in total. The number of carbonyl (C=O) groups is 13. The van der Waals surface area contributed by atoms with Gasteiger partial charge >= 0.3 is 5.97 Å². The molecule has 606 valence electrons. The van der Waals surface area contributed by atoms with Crippen LogP contribution >= 0.6 is 0 Å². The lowest BCUT2D eigenvalue weighted by atomic mass is 9.87. The number of phenols is 1. The Morgan fingerprint density at radius 1 is 0.495 bits per heavy atom. The third kappa shape index (κ3) is 31.4. The third-order valence-electron chi connectivity index (χ3n) is 18.2. The second kappa shape index (κ2) is 45.8. The van der Waals surface area contributed by atoms with Crippen LogP contribution in [0.1, 0.15) is 146 Å². The fraction of sp³-hybridized carbons (Fsp3) is 0.691. The predicted octanol–water partition coefficient (Wildman–Crippen LogP) is -5.92. The summed E-state index contributed by atoms with van der Waals surface area (Å²) >= 11 is 0. The van der Waals surface area contributed by atoms with Gasteiger partial charge in [-0.15, -0.1) is 0 Å². The molecule has 0 fully saturated rings. The lowest BCUT2D eigenvalue weighted by Gasteiger charge is -2.35. The minimum Gasteiger partial charge on any atom is -0.508 e. The summed E-state index contributed by atoms with van der Waals surface area (Å²) < 4.78 is 5.68. The number of primary amides is 2. The first-order valence-electron chi connectivity index (χ1n) is 35.2. The van der Waals surface area contributed by atoms with E-state index in [1.807, 2.05) is 13.8 Å². The number of aliphatic hydroxyl groups excluding tert-OH is 5. The number of ether oxygens (including phenoxy) is 1. The fourth-order valence-corrected chi connectivity index (χ4v) is 11.4. The monoisotopic (exact) mass is 1520 g/mol.